The highest BCUT2D eigenvalue weighted by molar-refractivity contribution is 5.90. The van der Waals surface area contributed by atoms with Crippen molar-refractivity contribution in [1.29, 1.82) is 0 Å². The Morgan fingerprint density at radius 2 is 1.95 bits per heavy atom. The standard InChI is InChI=1S/C13H19N5O3/c1-8(13(20)21)17-4-6-18(7-5-17)12(19)11-14-10(15-16-11)9-2-3-9/h8-9H,2-7H2,1H3,(H,20,21)(H,14,15,16). The molecule has 1 saturated carbocycles. The number of carboxylic acid groups (broad SMARTS) is 1. The van der Waals surface area contributed by atoms with Crippen molar-refractivity contribution in [3.63, 3.8) is 0 Å². The van der Waals surface area contributed by atoms with Crippen LogP contribution in [0, 0.1) is 0 Å². The van der Waals surface area contributed by atoms with Crippen molar-refractivity contribution in [2.75, 3.05) is 26.2 Å². The second-order valence-electron chi connectivity index (χ2n) is 5.66. The molecule has 2 fully saturated rings. The molecule has 1 aromatic rings. The van der Waals surface area contributed by atoms with E-state index in [1.807, 2.05) is 4.90 Å². The van der Waals surface area contributed by atoms with Crippen LogP contribution in [0.3, 0.4) is 0 Å². The second-order valence-corrected chi connectivity index (χ2v) is 5.66. The summed E-state index contributed by atoms with van der Waals surface area (Å²) in [5.41, 5.74) is 0. The van der Waals surface area contributed by atoms with Crippen LogP contribution in [0.15, 0.2) is 0 Å². The molecule has 1 saturated heterocycles. The first-order valence-electron chi connectivity index (χ1n) is 7.24. The molecule has 2 N–H and O–H groups in total. The molecule has 0 bridgehead atoms. The molecule has 1 aromatic heterocycles. The van der Waals surface area contributed by atoms with Gasteiger partial charge in [0.15, 0.2) is 0 Å². The SMILES string of the molecule is CC(C(=O)O)N1CCN(C(=O)c2n[nH]c(C3CC3)n2)CC1. The summed E-state index contributed by atoms with van der Waals surface area (Å²) in [4.78, 5) is 31.1. The fourth-order valence-electron chi connectivity index (χ4n) is 2.52. The Labute approximate surface area is 122 Å². The molecule has 8 heteroatoms. The molecule has 3 rings (SSSR count). The van der Waals surface area contributed by atoms with Crippen molar-refractivity contribution in [2.45, 2.75) is 31.7 Å². The molecule has 114 valence electrons. The monoisotopic (exact) mass is 293 g/mol. The maximum absolute atomic E-state index is 12.3. The number of nitrogens with zero attached hydrogens (tertiary/aromatic N) is 4. The number of rotatable bonds is 4. The van der Waals surface area contributed by atoms with Gasteiger partial charge < -0.3 is 10.0 Å². The first kappa shape index (κ1) is 14.0. The minimum Gasteiger partial charge on any atom is -0.480 e. The first-order valence-corrected chi connectivity index (χ1v) is 7.24. The van der Waals surface area contributed by atoms with E-state index in [1.54, 1.807) is 11.8 Å². The first-order chi connectivity index (χ1) is 10.1. The molecule has 0 spiro atoms. The number of carbonyl (C=O) groups excluding carboxylic acids is 1. The highest BCUT2D eigenvalue weighted by Crippen LogP contribution is 2.37. The van der Waals surface area contributed by atoms with Crippen molar-refractivity contribution in [1.82, 2.24) is 25.0 Å². The van der Waals surface area contributed by atoms with Gasteiger partial charge in [0, 0.05) is 32.1 Å². The molecule has 1 atom stereocenters. The fraction of sp³-hybridized carbons (Fsp3) is 0.692. The van der Waals surface area contributed by atoms with E-state index in [1.165, 1.54) is 0 Å². The number of hydrogen-bond acceptors (Lipinski definition) is 5. The molecule has 1 unspecified atom stereocenters. The predicted molar refractivity (Wildman–Crippen MR) is 72.9 cm³/mol. The smallest absolute Gasteiger partial charge is 0.320 e. The summed E-state index contributed by atoms with van der Waals surface area (Å²) >= 11 is 0. The van der Waals surface area contributed by atoms with Gasteiger partial charge >= 0.3 is 5.97 Å². The van der Waals surface area contributed by atoms with Crippen molar-refractivity contribution in [2.24, 2.45) is 0 Å². The van der Waals surface area contributed by atoms with Crippen LogP contribution in [0.5, 0.6) is 0 Å². The minimum atomic E-state index is -0.835. The Morgan fingerprint density at radius 3 is 2.52 bits per heavy atom. The Bertz CT molecular complexity index is 546. The van der Waals surface area contributed by atoms with E-state index < -0.39 is 12.0 Å². The van der Waals surface area contributed by atoms with Gasteiger partial charge in [-0.15, -0.1) is 5.10 Å². The van der Waals surface area contributed by atoms with Crippen LogP contribution in [-0.2, 0) is 4.79 Å². The number of carboxylic acids is 1. The normalized spacial score (nSPS) is 21.3. The van der Waals surface area contributed by atoms with Gasteiger partial charge in [-0.1, -0.05) is 0 Å². The van der Waals surface area contributed by atoms with Crippen molar-refractivity contribution >= 4 is 11.9 Å². The molecule has 1 aliphatic carbocycles. The zero-order chi connectivity index (χ0) is 15.0. The van der Waals surface area contributed by atoms with E-state index in [9.17, 15) is 9.59 Å². The van der Waals surface area contributed by atoms with Gasteiger partial charge in [0.2, 0.25) is 5.82 Å². The van der Waals surface area contributed by atoms with Crippen molar-refractivity contribution in [3.8, 4) is 0 Å². The van der Waals surface area contributed by atoms with Gasteiger partial charge in [-0.2, -0.15) is 0 Å². The summed E-state index contributed by atoms with van der Waals surface area (Å²) in [6.07, 6.45) is 2.21. The van der Waals surface area contributed by atoms with Gasteiger partial charge in [-0.3, -0.25) is 19.6 Å². The van der Waals surface area contributed by atoms with Crippen LogP contribution < -0.4 is 0 Å². The largest absolute Gasteiger partial charge is 0.480 e. The lowest BCUT2D eigenvalue weighted by atomic mass is 10.2. The number of H-pyrrole nitrogens is 1. The highest BCUT2D eigenvalue weighted by atomic mass is 16.4. The van der Waals surface area contributed by atoms with E-state index in [0.29, 0.717) is 32.1 Å². The third-order valence-corrected chi connectivity index (χ3v) is 4.16. The Kier molecular flexibility index (Phi) is 3.62. The fourth-order valence-corrected chi connectivity index (χ4v) is 2.52. The van der Waals surface area contributed by atoms with Crippen LogP contribution in [0.4, 0.5) is 0 Å². The van der Waals surface area contributed by atoms with E-state index in [2.05, 4.69) is 15.2 Å². The molecule has 2 aliphatic rings. The van der Waals surface area contributed by atoms with Crippen LogP contribution in [0.25, 0.3) is 0 Å². The maximum atomic E-state index is 12.3. The Morgan fingerprint density at radius 1 is 1.29 bits per heavy atom. The molecule has 2 heterocycles. The lowest BCUT2D eigenvalue weighted by Gasteiger charge is -2.36. The highest BCUT2D eigenvalue weighted by Gasteiger charge is 2.31. The number of carbonyl (C=O) groups is 2. The number of nitrogens with one attached hydrogen (secondary N) is 1. The van der Waals surface area contributed by atoms with Crippen molar-refractivity contribution in [3.05, 3.63) is 11.6 Å². The van der Waals surface area contributed by atoms with Crippen LogP contribution >= 0.6 is 0 Å². The molecule has 1 amide bonds. The van der Waals surface area contributed by atoms with Gasteiger partial charge in [-0.05, 0) is 19.8 Å². The van der Waals surface area contributed by atoms with Crippen molar-refractivity contribution < 1.29 is 14.7 Å². The Hall–Kier alpha value is -1.96. The van der Waals surface area contributed by atoms with E-state index in [0.717, 1.165) is 18.7 Å². The molecule has 0 aromatic carbocycles. The van der Waals surface area contributed by atoms with E-state index in [-0.39, 0.29) is 11.7 Å². The van der Waals surface area contributed by atoms with E-state index >= 15 is 0 Å². The van der Waals surface area contributed by atoms with Gasteiger partial charge in [0.25, 0.3) is 5.91 Å². The second kappa shape index (κ2) is 5.44. The zero-order valence-corrected chi connectivity index (χ0v) is 11.9. The summed E-state index contributed by atoms with van der Waals surface area (Å²) in [7, 11) is 0. The summed E-state index contributed by atoms with van der Waals surface area (Å²) in [6, 6.07) is -0.521. The van der Waals surface area contributed by atoms with Crippen LogP contribution in [0.1, 0.15) is 42.1 Å². The predicted octanol–water partition coefficient (Wildman–Crippen LogP) is -0.0870. The number of hydrogen-bond donors (Lipinski definition) is 2. The average molecular weight is 293 g/mol. The summed E-state index contributed by atoms with van der Waals surface area (Å²) in [6.45, 7) is 3.78. The molecule has 1 aliphatic heterocycles. The summed E-state index contributed by atoms with van der Waals surface area (Å²) in [5, 5.41) is 15.8. The van der Waals surface area contributed by atoms with E-state index in [4.69, 9.17) is 5.11 Å². The number of aromatic amines is 1. The molecular weight excluding hydrogens is 274 g/mol. The van der Waals surface area contributed by atoms with Gasteiger partial charge in [-0.25, -0.2) is 4.98 Å². The number of amides is 1. The zero-order valence-electron chi connectivity index (χ0n) is 11.9. The van der Waals surface area contributed by atoms with Gasteiger partial charge in [0.1, 0.15) is 11.9 Å². The third kappa shape index (κ3) is 2.90. The lowest BCUT2D eigenvalue weighted by molar-refractivity contribution is -0.143. The Balaban J connectivity index is 1.58. The number of aromatic nitrogens is 3. The number of piperazine rings is 1. The van der Waals surface area contributed by atoms with Gasteiger partial charge in [0.05, 0.1) is 0 Å². The molecule has 21 heavy (non-hydrogen) atoms. The summed E-state index contributed by atoms with van der Waals surface area (Å²) in [5.74, 6) is 0.444. The number of aliphatic carboxylic acids is 1. The van der Waals surface area contributed by atoms with Crippen LogP contribution in [0.2, 0.25) is 0 Å². The molecule has 8 nitrogen and oxygen atoms in total. The molecule has 0 radical (unpaired) electrons. The third-order valence-electron chi connectivity index (χ3n) is 4.16. The average Bonchev–Trinajstić information content (AvgIpc) is 3.23. The lowest BCUT2D eigenvalue weighted by Crippen LogP contribution is -2.53. The minimum absolute atomic E-state index is 0.180. The molecular formula is C13H19N5O3. The maximum Gasteiger partial charge on any atom is 0.320 e. The quantitative estimate of drug-likeness (QED) is 0.804. The summed E-state index contributed by atoms with van der Waals surface area (Å²) < 4.78 is 0. The van der Waals surface area contributed by atoms with Crippen LogP contribution in [-0.4, -0.2) is 74.2 Å². The topological polar surface area (TPSA) is 102 Å².